The summed E-state index contributed by atoms with van der Waals surface area (Å²) < 4.78 is 0. The molecule has 1 rings (SSSR count). The van der Waals surface area contributed by atoms with Crippen LogP contribution in [0, 0.1) is 0 Å². The Bertz CT molecular complexity index is 338. The number of hydrogen-bond acceptors (Lipinski definition) is 5. The van der Waals surface area contributed by atoms with Crippen LogP contribution in [-0.2, 0) is 4.79 Å². The number of carbonyl (C=O) groups is 2. The molecule has 0 aliphatic rings. The molecule has 0 N–H and O–H groups in total. The molecule has 15 heavy (non-hydrogen) atoms. The van der Waals surface area contributed by atoms with Crippen LogP contribution in [-0.4, -0.2) is 12.1 Å². The molecule has 0 aromatic heterocycles. The SMILES string of the molecule is O=C([O-])/C=C/c1ccccc1.O=C([O-])[O-]. The van der Waals surface area contributed by atoms with Gasteiger partial charge in [-0.15, -0.1) is 0 Å². The van der Waals surface area contributed by atoms with Gasteiger partial charge in [0.1, 0.15) is 0 Å². The van der Waals surface area contributed by atoms with Crippen LogP contribution in [0.15, 0.2) is 36.4 Å². The van der Waals surface area contributed by atoms with Crippen molar-refractivity contribution in [3.8, 4) is 0 Å². The molecule has 5 nitrogen and oxygen atoms in total. The molecule has 0 unspecified atom stereocenters. The van der Waals surface area contributed by atoms with E-state index in [2.05, 4.69) is 0 Å². The third-order valence-corrected chi connectivity index (χ3v) is 1.21. The summed E-state index contributed by atoms with van der Waals surface area (Å²) in [5.74, 6) is -1.17. The van der Waals surface area contributed by atoms with Crippen molar-refractivity contribution >= 4 is 18.2 Å². The minimum Gasteiger partial charge on any atom is -0.652 e. The molecule has 0 saturated carbocycles. The van der Waals surface area contributed by atoms with Crippen molar-refractivity contribution in [3.05, 3.63) is 42.0 Å². The quantitative estimate of drug-likeness (QED) is 0.522. The Morgan fingerprint density at radius 3 is 1.87 bits per heavy atom. The van der Waals surface area contributed by atoms with Gasteiger partial charge in [-0.2, -0.15) is 0 Å². The lowest BCUT2D eigenvalue weighted by Gasteiger charge is -1.96. The van der Waals surface area contributed by atoms with Crippen LogP contribution in [0.5, 0.6) is 0 Å². The fourth-order valence-corrected chi connectivity index (χ4v) is 0.728. The molecule has 0 atom stereocenters. The lowest BCUT2D eigenvalue weighted by atomic mass is 10.2. The first-order valence-corrected chi connectivity index (χ1v) is 3.84. The highest BCUT2D eigenvalue weighted by molar-refractivity contribution is 5.83. The average Bonchev–Trinajstić information content (AvgIpc) is 2.15. The zero-order chi connectivity index (χ0) is 11.7. The van der Waals surface area contributed by atoms with E-state index in [0.29, 0.717) is 0 Å². The Kier molecular flexibility index (Phi) is 6.04. The maximum absolute atomic E-state index is 9.97. The molecule has 1 aromatic rings. The smallest absolute Gasteiger partial charge is 0.0643 e. The first kappa shape index (κ1) is 12.7. The number of hydrogen-bond donors (Lipinski definition) is 0. The maximum Gasteiger partial charge on any atom is 0.0643 e. The van der Waals surface area contributed by atoms with Crippen LogP contribution in [0.4, 0.5) is 4.79 Å². The van der Waals surface area contributed by atoms with Gasteiger partial charge in [0.15, 0.2) is 0 Å². The van der Waals surface area contributed by atoms with Crippen molar-refractivity contribution in [2.45, 2.75) is 0 Å². The molecule has 0 aliphatic carbocycles. The molecule has 0 aliphatic heterocycles. The van der Waals surface area contributed by atoms with Gasteiger partial charge in [-0.1, -0.05) is 36.4 Å². The zero-order valence-corrected chi connectivity index (χ0v) is 7.58. The fourth-order valence-electron chi connectivity index (χ4n) is 0.728. The molecular formula is C10H7O5-3. The van der Waals surface area contributed by atoms with Crippen molar-refractivity contribution in [1.82, 2.24) is 0 Å². The lowest BCUT2D eigenvalue weighted by molar-refractivity contribution is -0.415. The number of carbonyl (C=O) groups excluding carboxylic acids is 2. The second-order valence-corrected chi connectivity index (χ2v) is 2.31. The topological polar surface area (TPSA) is 103 Å². The summed E-state index contributed by atoms with van der Waals surface area (Å²) >= 11 is 0. The second-order valence-electron chi connectivity index (χ2n) is 2.31. The van der Waals surface area contributed by atoms with Gasteiger partial charge >= 0.3 is 0 Å². The summed E-state index contributed by atoms with van der Waals surface area (Å²) in [6, 6.07) is 9.19. The van der Waals surface area contributed by atoms with Crippen LogP contribution < -0.4 is 15.3 Å². The first-order valence-electron chi connectivity index (χ1n) is 3.84. The third kappa shape index (κ3) is 9.62. The summed E-state index contributed by atoms with van der Waals surface area (Å²) in [5.41, 5.74) is 0.858. The van der Waals surface area contributed by atoms with Crippen LogP contribution in [0.25, 0.3) is 6.08 Å². The first-order chi connectivity index (χ1) is 7.02. The van der Waals surface area contributed by atoms with Gasteiger partial charge in [0.25, 0.3) is 0 Å². The molecule has 0 bridgehead atoms. The van der Waals surface area contributed by atoms with Gasteiger partial charge in [-0.3, -0.25) is 0 Å². The highest BCUT2D eigenvalue weighted by Crippen LogP contribution is 1.99. The molecule has 0 heterocycles. The van der Waals surface area contributed by atoms with Crippen LogP contribution >= 0.6 is 0 Å². The van der Waals surface area contributed by atoms with Crippen LogP contribution in [0.3, 0.4) is 0 Å². The molecule has 0 spiro atoms. The standard InChI is InChI=1S/C9H8O2.CH2O3/c10-9(11)7-6-8-4-2-1-3-5-8;2-1(3)4/h1-7H,(H,10,11);(H2,2,3,4)/p-3/b7-6+;. The molecule has 5 heteroatoms. The summed E-state index contributed by atoms with van der Waals surface area (Å²) in [7, 11) is 0. The van der Waals surface area contributed by atoms with E-state index in [0.717, 1.165) is 11.6 Å². The van der Waals surface area contributed by atoms with Gasteiger partial charge < -0.3 is 24.9 Å². The van der Waals surface area contributed by atoms with E-state index in [1.165, 1.54) is 6.08 Å². The van der Waals surface area contributed by atoms with E-state index in [1.54, 1.807) is 0 Å². The van der Waals surface area contributed by atoms with E-state index in [-0.39, 0.29) is 0 Å². The van der Waals surface area contributed by atoms with Gasteiger partial charge in [-0.05, 0) is 17.8 Å². The molecule has 1 aromatic carbocycles. The number of carboxylic acid groups (broad SMARTS) is 3. The van der Waals surface area contributed by atoms with E-state index >= 15 is 0 Å². The number of aliphatic carboxylic acids is 1. The monoisotopic (exact) mass is 207 g/mol. The van der Waals surface area contributed by atoms with Gasteiger partial charge in [0.05, 0.1) is 5.97 Å². The molecule has 0 fully saturated rings. The van der Waals surface area contributed by atoms with Crippen molar-refractivity contribution in [2.24, 2.45) is 0 Å². The Balaban J connectivity index is 0.000000423. The molecule has 0 amide bonds. The molecule has 0 radical (unpaired) electrons. The van der Waals surface area contributed by atoms with Crippen molar-refractivity contribution < 1.29 is 24.9 Å². The highest BCUT2D eigenvalue weighted by Gasteiger charge is 1.80. The number of benzene rings is 1. The van der Waals surface area contributed by atoms with Gasteiger partial charge in [-0.25, -0.2) is 0 Å². The van der Waals surface area contributed by atoms with E-state index in [9.17, 15) is 9.90 Å². The molecule has 0 saturated heterocycles. The fraction of sp³-hybridized carbons (Fsp3) is 0. The Hall–Kier alpha value is -2.30. The largest absolute Gasteiger partial charge is 0.652 e. The maximum atomic E-state index is 9.97. The predicted octanol–water partition coefficient (Wildman–Crippen LogP) is -2.00. The minimum atomic E-state index is -2.33. The van der Waals surface area contributed by atoms with Crippen LogP contribution in [0.2, 0.25) is 0 Å². The number of carboxylic acids is 1. The average molecular weight is 207 g/mol. The van der Waals surface area contributed by atoms with Crippen molar-refractivity contribution in [2.75, 3.05) is 0 Å². The zero-order valence-electron chi connectivity index (χ0n) is 7.58. The molecular weight excluding hydrogens is 200 g/mol. The van der Waals surface area contributed by atoms with Gasteiger partial charge in [0, 0.05) is 0 Å². The molecule has 80 valence electrons. The normalized spacial score (nSPS) is 9.07. The van der Waals surface area contributed by atoms with Crippen LogP contribution in [0.1, 0.15) is 5.56 Å². The summed E-state index contributed by atoms with van der Waals surface area (Å²) in [6.07, 6.45) is 0.171. The second kappa shape index (κ2) is 7.14. The van der Waals surface area contributed by atoms with E-state index in [1.807, 2.05) is 30.3 Å². The minimum absolute atomic E-state index is 0.858. The van der Waals surface area contributed by atoms with Gasteiger partial charge in [0.2, 0.25) is 0 Å². The summed E-state index contributed by atoms with van der Waals surface area (Å²) in [6.45, 7) is 0. The predicted molar refractivity (Wildman–Crippen MR) is 45.9 cm³/mol. The summed E-state index contributed by atoms with van der Waals surface area (Å²) in [4.78, 5) is 18.3. The Morgan fingerprint density at radius 1 is 1.00 bits per heavy atom. The van der Waals surface area contributed by atoms with Crippen molar-refractivity contribution in [3.63, 3.8) is 0 Å². The Morgan fingerprint density at radius 2 is 1.47 bits per heavy atom. The number of rotatable bonds is 2. The van der Waals surface area contributed by atoms with E-state index in [4.69, 9.17) is 15.0 Å². The summed E-state index contributed by atoms with van der Waals surface area (Å²) in [5, 5.41) is 26.6. The van der Waals surface area contributed by atoms with E-state index < -0.39 is 12.1 Å². The Labute approximate surface area is 85.9 Å². The lowest BCUT2D eigenvalue weighted by Crippen LogP contribution is -2.37. The van der Waals surface area contributed by atoms with Crippen molar-refractivity contribution in [1.29, 1.82) is 0 Å². The third-order valence-electron chi connectivity index (χ3n) is 1.21. The highest BCUT2D eigenvalue weighted by atomic mass is 16.6.